The van der Waals surface area contributed by atoms with Crippen molar-refractivity contribution < 1.29 is 14.6 Å². The zero-order valence-corrected chi connectivity index (χ0v) is 11.7. The molecular weight excluding hydrogens is 242 g/mol. The first-order valence-electron chi connectivity index (χ1n) is 6.72. The molecule has 0 saturated heterocycles. The van der Waals surface area contributed by atoms with Crippen molar-refractivity contribution in [1.29, 1.82) is 0 Å². The lowest BCUT2D eigenvalue weighted by Crippen LogP contribution is -2.34. The number of pyridine rings is 1. The van der Waals surface area contributed by atoms with E-state index < -0.39 is 5.97 Å². The highest BCUT2D eigenvalue weighted by molar-refractivity contribution is 5.87. The summed E-state index contributed by atoms with van der Waals surface area (Å²) >= 11 is 0. The van der Waals surface area contributed by atoms with Crippen LogP contribution in [0.15, 0.2) is 18.3 Å². The van der Waals surface area contributed by atoms with E-state index >= 15 is 0 Å². The van der Waals surface area contributed by atoms with Crippen LogP contribution in [0.1, 0.15) is 50.4 Å². The Kier molecular flexibility index (Phi) is 3.78. The highest BCUT2D eigenvalue weighted by Crippen LogP contribution is 2.39. The van der Waals surface area contributed by atoms with Crippen molar-refractivity contribution in [3.05, 3.63) is 23.9 Å². The summed E-state index contributed by atoms with van der Waals surface area (Å²) in [6.45, 7) is 6.78. The zero-order chi connectivity index (χ0) is 14.0. The van der Waals surface area contributed by atoms with Crippen molar-refractivity contribution in [2.45, 2.75) is 46.1 Å². The number of aromatic nitrogens is 1. The summed E-state index contributed by atoms with van der Waals surface area (Å²) in [5.74, 6) is 0.193. The van der Waals surface area contributed by atoms with Gasteiger partial charge in [-0.3, -0.25) is 0 Å². The summed E-state index contributed by atoms with van der Waals surface area (Å²) in [6, 6.07) is 3.16. The maximum Gasteiger partial charge on any atom is 0.337 e. The number of ether oxygens (including phenoxy) is 1. The first-order chi connectivity index (χ1) is 8.85. The fourth-order valence-electron chi connectivity index (χ4n) is 3.10. The minimum absolute atomic E-state index is 0.168. The van der Waals surface area contributed by atoms with E-state index in [2.05, 4.69) is 25.8 Å². The van der Waals surface area contributed by atoms with Gasteiger partial charge in [0, 0.05) is 12.3 Å². The van der Waals surface area contributed by atoms with Crippen LogP contribution in [0.3, 0.4) is 0 Å². The van der Waals surface area contributed by atoms with Crippen LogP contribution in [-0.2, 0) is 0 Å². The Morgan fingerprint density at radius 2 is 2.16 bits per heavy atom. The molecule has 2 rings (SSSR count). The van der Waals surface area contributed by atoms with Crippen molar-refractivity contribution >= 4 is 5.97 Å². The normalized spacial score (nSPS) is 25.8. The molecule has 4 nitrogen and oxygen atoms in total. The number of carbonyl (C=O) groups is 1. The van der Waals surface area contributed by atoms with Gasteiger partial charge in [-0.2, -0.15) is 0 Å². The van der Waals surface area contributed by atoms with Crippen LogP contribution in [0.2, 0.25) is 0 Å². The molecule has 0 spiro atoms. The molecule has 1 saturated carbocycles. The lowest BCUT2D eigenvalue weighted by Gasteiger charge is -2.38. The van der Waals surface area contributed by atoms with Gasteiger partial charge in [0.15, 0.2) is 0 Å². The molecule has 0 amide bonds. The molecule has 1 aromatic rings. The molecular formula is C15H21NO3. The standard InChI is InChI=1S/C15H21NO3/c1-10-6-12(8-15(2,3)7-10)19-13-5-4-11(9-16-13)14(17)18/h4-5,9-10,12H,6-8H2,1-3H3,(H,17,18). The fraction of sp³-hybridized carbons (Fsp3) is 0.600. The lowest BCUT2D eigenvalue weighted by atomic mass is 9.71. The van der Waals surface area contributed by atoms with Gasteiger partial charge >= 0.3 is 5.97 Å². The zero-order valence-electron chi connectivity index (χ0n) is 11.7. The summed E-state index contributed by atoms with van der Waals surface area (Å²) < 4.78 is 5.89. The number of hydrogen-bond acceptors (Lipinski definition) is 3. The Morgan fingerprint density at radius 1 is 1.42 bits per heavy atom. The van der Waals surface area contributed by atoms with E-state index in [0.717, 1.165) is 12.8 Å². The molecule has 0 aromatic carbocycles. The monoisotopic (exact) mass is 263 g/mol. The average Bonchev–Trinajstić information content (AvgIpc) is 2.26. The predicted octanol–water partition coefficient (Wildman–Crippen LogP) is 3.37. The van der Waals surface area contributed by atoms with Gasteiger partial charge in [-0.05, 0) is 36.7 Å². The van der Waals surface area contributed by atoms with Crippen LogP contribution in [-0.4, -0.2) is 22.2 Å². The average molecular weight is 263 g/mol. The second-order valence-corrected chi connectivity index (χ2v) is 6.34. The number of carboxylic acid groups (broad SMARTS) is 1. The minimum Gasteiger partial charge on any atom is -0.478 e. The number of rotatable bonds is 3. The summed E-state index contributed by atoms with van der Waals surface area (Å²) in [5.41, 5.74) is 0.480. The third-order valence-electron chi connectivity index (χ3n) is 3.62. The molecule has 4 heteroatoms. The first-order valence-corrected chi connectivity index (χ1v) is 6.72. The topological polar surface area (TPSA) is 59.4 Å². The van der Waals surface area contributed by atoms with Crippen molar-refractivity contribution in [3.8, 4) is 5.88 Å². The van der Waals surface area contributed by atoms with Crippen LogP contribution in [0, 0.1) is 11.3 Å². The van der Waals surface area contributed by atoms with Gasteiger partial charge in [0.05, 0.1) is 5.56 Å². The van der Waals surface area contributed by atoms with E-state index in [4.69, 9.17) is 9.84 Å². The maximum absolute atomic E-state index is 10.7. The van der Waals surface area contributed by atoms with E-state index in [9.17, 15) is 4.79 Å². The Hall–Kier alpha value is -1.58. The van der Waals surface area contributed by atoms with Crippen LogP contribution in [0.5, 0.6) is 5.88 Å². The maximum atomic E-state index is 10.7. The van der Waals surface area contributed by atoms with Gasteiger partial charge in [-0.25, -0.2) is 9.78 Å². The Labute approximate surface area is 113 Å². The summed E-state index contributed by atoms with van der Waals surface area (Å²) in [5, 5.41) is 8.82. The molecule has 1 aliphatic carbocycles. The highest BCUT2D eigenvalue weighted by Gasteiger charge is 2.33. The summed E-state index contributed by atoms with van der Waals surface area (Å²) in [7, 11) is 0. The minimum atomic E-state index is -0.966. The van der Waals surface area contributed by atoms with Gasteiger partial charge in [0.25, 0.3) is 0 Å². The number of aromatic carboxylic acids is 1. The summed E-state index contributed by atoms with van der Waals surface area (Å²) in [6.07, 6.45) is 4.78. The predicted molar refractivity (Wildman–Crippen MR) is 72.4 cm³/mol. The Bertz CT molecular complexity index is 453. The van der Waals surface area contributed by atoms with Crippen molar-refractivity contribution in [2.75, 3.05) is 0 Å². The molecule has 1 aliphatic rings. The first kappa shape index (κ1) is 13.8. The lowest BCUT2D eigenvalue weighted by molar-refractivity contribution is 0.0532. The van der Waals surface area contributed by atoms with E-state index in [1.807, 2.05) is 0 Å². The van der Waals surface area contributed by atoms with Gasteiger partial charge in [-0.1, -0.05) is 20.8 Å². The van der Waals surface area contributed by atoms with Crippen LogP contribution < -0.4 is 4.74 Å². The molecule has 2 unspecified atom stereocenters. The smallest absolute Gasteiger partial charge is 0.337 e. The third kappa shape index (κ3) is 3.69. The second-order valence-electron chi connectivity index (χ2n) is 6.34. The molecule has 1 fully saturated rings. The van der Waals surface area contributed by atoms with Crippen LogP contribution in [0.25, 0.3) is 0 Å². The van der Waals surface area contributed by atoms with E-state index in [0.29, 0.717) is 17.2 Å². The molecule has 0 aliphatic heterocycles. The molecule has 0 radical (unpaired) electrons. The van der Waals surface area contributed by atoms with Gasteiger partial charge < -0.3 is 9.84 Å². The number of carboxylic acids is 1. The van der Waals surface area contributed by atoms with Gasteiger partial charge in [0.2, 0.25) is 5.88 Å². The molecule has 19 heavy (non-hydrogen) atoms. The Morgan fingerprint density at radius 3 is 2.68 bits per heavy atom. The van der Waals surface area contributed by atoms with E-state index in [-0.39, 0.29) is 11.7 Å². The molecule has 1 heterocycles. The summed E-state index contributed by atoms with van der Waals surface area (Å²) in [4.78, 5) is 14.8. The molecule has 2 atom stereocenters. The number of nitrogens with zero attached hydrogens (tertiary/aromatic N) is 1. The van der Waals surface area contributed by atoms with Crippen molar-refractivity contribution in [2.24, 2.45) is 11.3 Å². The quantitative estimate of drug-likeness (QED) is 0.908. The van der Waals surface area contributed by atoms with E-state index in [1.165, 1.54) is 18.7 Å². The fourth-order valence-corrected chi connectivity index (χ4v) is 3.10. The Balaban J connectivity index is 2.02. The molecule has 1 N–H and O–H groups in total. The third-order valence-corrected chi connectivity index (χ3v) is 3.62. The van der Waals surface area contributed by atoms with Crippen molar-refractivity contribution in [1.82, 2.24) is 4.98 Å². The molecule has 0 bridgehead atoms. The van der Waals surface area contributed by atoms with Gasteiger partial charge in [-0.15, -0.1) is 0 Å². The SMILES string of the molecule is CC1CC(Oc2ccc(C(=O)O)cn2)CC(C)(C)C1. The van der Waals surface area contributed by atoms with Crippen molar-refractivity contribution in [3.63, 3.8) is 0 Å². The van der Waals surface area contributed by atoms with Gasteiger partial charge in [0.1, 0.15) is 6.10 Å². The van der Waals surface area contributed by atoms with Crippen LogP contribution >= 0.6 is 0 Å². The largest absolute Gasteiger partial charge is 0.478 e. The highest BCUT2D eigenvalue weighted by atomic mass is 16.5. The molecule has 104 valence electrons. The van der Waals surface area contributed by atoms with E-state index in [1.54, 1.807) is 6.07 Å². The van der Waals surface area contributed by atoms with Crippen LogP contribution in [0.4, 0.5) is 0 Å². The number of hydrogen-bond donors (Lipinski definition) is 1. The second kappa shape index (κ2) is 5.19. The molecule has 1 aromatic heterocycles.